The van der Waals surface area contributed by atoms with Crippen molar-refractivity contribution in [2.24, 2.45) is 0 Å². The van der Waals surface area contributed by atoms with Gasteiger partial charge in [0, 0.05) is 6.54 Å². The summed E-state index contributed by atoms with van der Waals surface area (Å²) in [6, 6.07) is 6.02. The molecule has 0 aliphatic rings. The molecule has 62 valence electrons. The van der Waals surface area contributed by atoms with E-state index in [2.05, 4.69) is 15.6 Å². The molecule has 0 spiro atoms. The van der Waals surface area contributed by atoms with Crippen molar-refractivity contribution in [3.8, 4) is 0 Å². The second-order valence-corrected chi connectivity index (χ2v) is 2.62. The van der Waals surface area contributed by atoms with E-state index in [-0.39, 0.29) is 0 Å². The predicted octanol–water partition coefficient (Wildman–Crippen LogP) is 0.449. The maximum atomic E-state index is 3.96. The standard InChI is InChI=1S/C8H10N4/c1-9-5-7-3-2-4-8-6-10-11-12(7)8/h2-4,6,9H,5H2,1H3. The van der Waals surface area contributed by atoms with Gasteiger partial charge in [0.05, 0.1) is 17.4 Å². The molecule has 0 aliphatic carbocycles. The zero-order valence-corrected chi connectivity index (χ0v) is 6.86. The van der Waals surface area contributed by atoms with E-state index in [0.29, 0.717) is 0 Å². The number of nitrogens with zero attached hydrogens (tertiary/aromatic N) is 3. The molecular weight excluding hydrogens is 152 g/mol. The first-order valence-electron chi connectivity index (χ1n) is 3.85. The minimum atomic E-state index is 0.806. The minimum absolute atomic E-state index is 0.806. The van der Waals surface area contributed by atoms with Gasteiger partial charge in [-0.05, 0) is 19.2 Å². The van der Waals surface area contributed by atoms with Crippen LogP contribution < -0.4 is 5.32 Å². The zero-order valence-electron chi connectivity index (χ0n) is 6.86. The molecule has 0 radical (unpaired) electrons. The molecule has 2 heterocycles. The average Bonchev–Trinajstić information content (AvgIpc) is 2.53. The summed E-state index contributed by atoms with van der Waals surface area (Å²) in [5.41, 5.74) is 2.15. The summed E-state index contributed by atoms with van der Waals surface area (Å²) in [4.78, 5) is 0. The van der Waals surface area contributed by atoms with Crippen molar-refractivity contribution in [3.05, 3.63) is 30.1 Å². The molecular formula is C8H10N4. The summed E-state index contributed by atoms with van der Waals surface area (Å²) in [5, 5.41) is 10.9. The number of nitrogens with one attached hydrogen (secondary N) is 1. The monoisotopic (exact) mass is 162 g/mol. The number of rotatable bonds is 2. The van der Waals surface area contributed by atoms with Crippen LogP contribution in [0.4, 0.5) is 0 Å². The molecule has 0 saturated heterocycles. The highest BCUT2D eigenvalue weighted by molar-refractivity contribution is 5.43. The predicted molar refractivity (Wildman–Crippen MR) is 45.8 cm³/mol. The number of pyridine rings is 1. The Morgan fingerprint density at radius 2 is 2.42 bits per heavy atom. The molecule has 4 nitrogen and oxygen atoms in total. The first-order valence-corrected chi connectivity index (χ1v) is 3.85. The fourth-order valence-corrected chi connectivity index (χ4v) is 1.22. The van der Waals surface area contributed by atoms with E-state index in [1.54, 1.807) is 6.20 Å². The van der Waals surface area contributed by atoms with Crippen molar-refractivity contribution < 1.29 is 0 Å². The number of aromatic nitrogens is 3. The highest BCUT2D eigenvalue weighted by Crippen LogP contribution is 2.03. The summed E-state index contributed by atoms with van der Waals surface area (Å²) in [6.45, 7) is 0.806. The Balaban J connectivity index is 2.57. The molecule has 4 heteroatoms. The molecule has 0 bridgehead atoms. The lowest BCUT2D eigenvalue weighted by atomic mass is 10.3. The number of hydrogen-bond donors (Lipinski definition) is 1. The molecule has 1 N–H and O–H groups in total. The summed E-state index contributed by atoms with van der Waals surface area (Å²) in [5.74, 6) is 0. The highest BCUT2D eigenvalue weighted by atomic mass is 15.4. The van der Waals surface area contributed by atoms with Gasteiger partial charge in [-0.1, -0.05) is 11.3 Å². The fraction of sp³-hybridized carbons (Fsp3) is 0.250. The molecule has 2 aromatic heterocycles. The first kappa shape index (κ1) is 7.24. The van der Waals surface area contributed by atoms with Crippen molar-refractivity contribution in [1.29, 1.82) is 0 Å². The molecule has 0 fully saturated rings. The number of fused-ring (bicyclic) bond motifs is 1. The molecule has 0 unspecified atom stereocenters. The normalized spacial score (nSPS) is 10.8. The first-order chi connectivity index (χ1) is 5.92. The van der Waals surface area contributed by atoms with E-state index < -0.39 is 0 Å². The van der Waals surface area contributed by atoms with E-state index >= 15 is 0 Å². The van der Waals surface area contributed by atoms with Gasteiger partial charge in [0.2, 0.25) is 0 Å². The van der Waals surface area contributed by atoms with Gasteiger partial charge >= 0.3 is 0 Å². The SMILES string of the molecule is CNCc1cccc2cnnn12. The lowest BCUT2D eigenvalue weighted by Gasteiger charge is -2.01. The molecule has 0 atom stereocenters. The lowest BCUT2D eigenvalue weighted by molar-refractivity contribution is 0.726. The van der Waals surface area contributed by atoms with Gasteiger partial charge in [-0.3, -0.25) is 0 Å². The van der Waals surface area contributed by atoms with Crippen LogP contribution in [-0.4, -0.2) is 21.9 Å². The molecule has 0 aromatic carbocycles. The lowest BCUT2D eigenvalue weighted by Crippen LogP contribution is -2.09. The van der Waals surface area contributed by atoms with Crippen molar-refractivity contribution in [3.63, 3.8) is 0 Å². The van der Waals surface area contributed by atoms with E-state index in [9.17, 15) is 0 Å². The molecule has 0 amide bonds. The molecule has 2 rings (SSSR count). The van der Waals surface area contributed by atoms with Gasteiger partial charge in [-0.15, -0.1) is 5.10 Å². The van der Waals surface area contributed by atoms with Crippen LogP contribution in [0, 0.1) is 0 Å². The smallest absolute Gasteiger partial charge is 0.0868 e. The summed E-state index contributed by atoms with van der Waals surface area (Å²) < 4.78 is 1.83. The minimum Gasteiger partial charge on any atom is -0.314 e. The van der Waals surface area contributed by atoms with Crippen LogP contribution >= 0.6 is 0 Å². The van der Waals surface area contributed by atoms with Gasteiger partial charge < -0.3 is 5.32 Å². The molecule has 0 saturated carbocycles. The van der Waals surface area contributed by atoms with Gasteiger partial charge in [0.1, 0.15) is 0 Å². The van der Waals surface area contributed by atoms with Crippen molar-refractivity contribution in [2.75, 3.05) is 7.05 Å². The van der Waals surface area contributed by atoms with Crippen LogP contribution in [0.15, 0.2) is 24.4 Å². The van der Waals surface area contributed by atoms with Crippen molar-refractivity contribution in [1.82, 2.24) is 20.1 Å². The van der Waals surface area contributed by atoms with E-state index in [4.69, 9.17) is 0 Å². The topological polar surface area (TPSA) is 42.2 Å². The third kappa shape index (κ3) is 1.06. The van der Waals surface area contributed by atoms with E-state index in [1.165, 1.54) is 0 Å². The van der Waals surface area contributed by atoms with Crippen molar-refractivity contribution in [2.45, 2.75) is 6.54 Å². The Bertz CT molecular complexity index is 379. The molecule has 0 aliphatic heterocycles. The molecule has 2 aromatic rings. The maximum absolute atomic E-state index is 3.96. The van der Waals surface area contributed by atoms with Crippen LogP contribution in [0.2, 0.25) is 0 Å². The Labute approximate surface area is 70.2 Å². The maximum Gasteiger partial charge on any atom is 0.0868 e. The Hall–Kier alpha value is -1.42. The highest BCUT2D eigenvalue weighted by Gasteiger charge is 1.98. The van der Waals surface area contributed by atoms with Crippen LogP contribution in [0.25, 0.3) is 5.52 Å². The zero-order chi connectivity index (χ0) is 8.39. The third-order valence-corrected chi connectivity index (χ3v) is 1.76. The van der Waals surface area contributed by atoms with Crippen LogP contribution in [0.1, 0.15) is 5.69 Å². The Morgan fingerprint density at radius 3 is 3.25 bits per heavy atom. The van der Waals surface area contributed by atoms with E-state index in [0.717, 1.165) is 17.8 Å². The van der Waals surface area contributed by atoms with Gasteiger partial charge in [-0.25, -0.2) is 4.52 Å². The van der Waals surface area contributed by atoms with Crippen LogP contribution in [-0.2, 0) is 6.54 Å². The van der Waals surface area contributed by atoms with Gasteiger partial charge in [-0.2, -0.15) is 0 Å². The van der Waals surface area contributed by atoms with Crippen molar-refractivity contribution >= 4 is 5.52 Å². The third-order valence-electron chi connectivity index (χ3n) is 1.76. The Morgan fingerprint density at radius 1 is 1.50 bits per heavy atom. The Kier molecular flexibility index (Phi) is 1.75. The fourth-order valence-electron chi connectivity index (χ4n) is 1.22. The van der Waals surface area contributed by atoms with Crippen LogP contribution in [0.3, 0.4) is 0 Å². The average molecular weight is 162 g/mol. The summed E-state index contributed by atoms with van der Waals surface area (Å²) in [7, 11) is 1.91. The second-order valence-electron chi connectivity index (χ2n) is 2.62. The second kappa shape index (κ2) is 2.91. The summed E-state index contributed by atoms with van der Waals surface area (Å²) >= 11 is 0. The summed E-state index contributed by atoms with van der Waals surface area (Å²) in [6.07, 6.45) is 1.75. The molecule has 12 heavy (non-hydrogen) atoms. The van der Waals surface area contributed by atoms with E-state index in [1.807, 2.05) is 29.8 Å². The largest absolute Gasteiger partial charge is 0.314 e. The number of hydrogen-bond acceptors (Lipinski definition) is 3. The van der Waals surface area contributed by atoms with Crippen LogP contribution in [0.5, 0.6) is 0 Å². The van der Waals surface area contributed by atoms with Gasteiger partial charge in [0.25, 0.3) is 0 Å². The van der Waals surface area contributed by atoms with Gasteiger partial charge in [0.15, 0.2) is 0 Å². The quantitative estimate of drug-likeness (QED) is 0.697.